The summed E-state index contributed by atoms with van der Waals surface area (Å²) >= 11 is 14.9. The molecule has 2 rings (SSSR count). The summed E-state index contributed by atoms with van der Waals surface area (Å²) in [6, 6.07) is 9.37. The van der Waals surface area contributed by atoms with Gasteiger partial charge in [-0.1, -0.05) is 39.1 Å². The third kappa shape index (κ3) is 3.37. The van der Waals surface area contributed by atoms with Crippen LogP contribution in [0.2, 0.25) is 10.0 Å². The molecular formula is C12H6BrCl2NO3. The van der Waals surface area contributed by atoms with E-state index < -0.39 is 4.92 Å². The first-order chi connectivity index (χ1) is 8.97. The van der Waals surface area contributed by atoms with Crippen LogP contribution in [-0.2, 0) is 0 Å². The summed E-state index contributed by atoms with van der Waals surface area (Å²) in [5.41, 5.74) is -0.239. The lowest BCUT2D eigenvalue weighted by atomic mass is 10.3. The number of hydrogen-bond acceptors (Lipinski definition) is 3. The minimum Gasteiger partial charge on any atom is -0.450 e. The zero-order valence-electron chi connectivity index (χ0n) is 9.27. The van der Waals surface area contributed by atoms with Crippen molar-refractivity contribution in [1.82, 2.24) is 0 Å². The molecule has 2 aromatic rings. The van der Waals surface area contributed by atoms with Gasteiger partial charge in [0.1, 0.15) is 5.75 Å². The molecule has 0 fully saturated rings. The second-order valence-electron chi connectivity index (χ2n) is 3.55. The van der Waals surface area contributed by atoms with Crippen LogP contribution in [0.4, 0.5) is 5.69 Å². The van der Waals surface area contributed by atoms with E-state index in [1.165, 1.54) is 6.07 Å². The number of nitro groups is 1. The molecule has 4 nitrogen and oxygen atoms in total. The third-order valence-electron chi connectivity index (χ3n) is 2.24. The molecule has 98 valence electrons. The van der Waals surface area contributed by atoms with E-state index in [9.17, 15) is 10.1 Å². The van der Waals surface area contributed by atoms with Crippen LogP contribution in [0.15, 0.2) is 40.9 Å². The van der Waals surface area contributed by atoms with Crippen LogP contribution in [-0.4, -0.2) is 4.92 Å². The lowest BCUT2D eigenvalue weighted by Gasteiger charge is -2.07. The quantitative estimate of drug-likeness (QED) is 0.538. The number of hydrogen-bond donors (Lipinski definition) is 0. The summed E-state index contributed by atoms with van der Waals surface area (Å²) < 4.78 is 6.33. The summed E-state index contributed by atoms with van der Waals surface area (Å²) in [7, 11) is 0. The fourth-order valence-corrected chi connectivity index (χ4v) is 1.95. The number of nitro benzene ring substituents is 1. The van der Waals surface area contributed by atoms with Crippen molar-refractivity contribution >= 4 is 44.8 Å². The van der Waals surface area contributed by atoms with Crippen molar-refractivity contribution in [3.8, 4) is 11.5 Å². The van der Waals surface area contributed by atoms with Crippen molar-refractivity contribution in [2.45, 2.75) is 0 Å². The van der Waals surface area contributed by atoms with Gasteiger partial charge in [0, 0.05) is 16.6 Å². The highest BCUT2D eigenvalue weighted by atomic mass is 79.9. The topological polar surface area (TPSA) is 52.4 Å². The standard InChI is InChI=1S/C12H6BrCl2NO3/c13-7-1-3-8(4-2-7)19-12-6-10(15)9(14)5-11(12)16(17)18/h1-6H. The Morgan fingerprint density at radius 3 is 2.26 bits per heavy atom. The van der Waals surface area contributed by atoms with Gasteiger partial charge in [-0.05, 0) is 24.3 Å². The Hall–Kier alpha value is -1.30. The highest BCUT2D eigenvalue weighted by molar-refractivity contribution is 9.10. The van der Waals surface area contributed by atoms with E-state index >= 15 is 0 Å². The maximum Gasteiger partial charge on any atom is 0.313 e. The average Bonchev–Trinajstić information content (AvgIpc) is 2.36. The third-order valence-corrected chi connectivity index (χ3v) is 3.49. The van der Waals surface area contributed by atoms with Crippen molar-refractivity contribution in [2.75, 3.05) is 0 Å². The van der Waals surface area contributed by atoms with Gasteiger partial charge in [0.15, 0.2) is 0 Å². The van der Waals surface area contributed by atoms with E-state index in [0.29, 0.717) is 5.75 Å². The van der Waals surface area contributed by atoms with Gasteiger partial charge in [0.2, 0.25) is 5.75 Å². The molecule has 0 N–H and O–H groups in total. The number of benzene rings is 2. The van der Waals surface area contributed by atoms with Crippen molar-refractivity contribution in [3.63, 3.8) is 0 Å². The second-order valence-corrected chi connectivity index (χ2v) is 5.28. The zero-order chi connectivity index (χ0) is 14.0. The fourth-order valence-electron chi connectivity index (χ4n) is 1.37. The summed E-state index contributed by atoms with van der Waals surface area (Å²) in [6.45, 7) is 0. The molecule has 19 heavy (non-hydrogen) atoms. The molecule has 0 saturated heterocycles. The van der Waals surface area contributed by atoms with Crippen LogP contribution in [0.1, 0.15) is 0 Å². The lowest BCUT2D eigenvalue weighted by molar-refractivity contribution is -0.385. The van der Waals surface area contributed by atoms with Crippen LogP contribution in [0, 0.1) is 10.1 Å². The largest absolute Gasteiger partial charge is 0.450 e. The summed E-state index contributed by atoms with van der Waals surface area (Å²) in [4.78, 5) is 10.4. The molecule has 7 heteroatoms. The first-order valence-corrected chi connectivity index (χ1v) is 6.59. The first kappa shape index (κ1) is 14.1. The van der Waals surface area contributed by atoms with Gasteiger partial charge in [-0.25, -0.2) is 0 Å². The van der Waals surface area contributed by atoms with E-state index in [2.05, 4.69) is 15.9 Å². The van der Waals surface area contributed by atoms with Gasteiger partial charge in [0.05, 0.1) is 15.0 Å². The van der Waals surface area contributed by atoms with Crippen LogP contribution >= 0.6 is 39.1 Å². The molecule has 0 bridgehead atoms. The maximum atomic E-state index is 10.9. The van der Waals surface area contributed by atoms with Gasteiger partial charge in [-0.2, -0.15) is 0 Å². The molecular weight excluding hydrogens is 357 g/mol. The summed E-state index contributed by atoms with van der Waals surface area (Å²) in [5, 5.41) is 11.2. The molecule has 0 aliphatic carbocycles. The van der Waals surface area contributed by atoms with E-state index in [4.69, 9.17) is 27.9 Å². The van der Waals surface area contributed by atoms with Crippen molar-refractivity contribution < 1.29 is 9.66 Å². The highest BCUT2D eigenvalue weighted by Gasteiger charge is 2.19. The Morgan fingerprint density at radius 1 is 1.11 bits per heavy atom. The number of ether oxygens (including phenoxy) is 1. The monoisotopic (exact) mass is 361 g/mol. The molecule has 0 aliphatic heterocycles. The van der Waals surface area contributed by atoms with E-state index in [-0.39, 0.29) is 21.5 Å². The zero-order valence-corrected chi connectivity index (χ0v) is 12.4. The minimum absolute atomic E-state index is 0.0433. The maximum absolute atomic E-state index is 10.9. The number of halogens is 3. The Bertz CT molecular complexity index is 632. The molecule has 0 unspecified atom stereocenters. The SMILES string of the molecule is O=[N+]([O-])c1cc(Cl)c(Cl)cc1Oc1ccc(Br)cc1. The smallest absolute Gasteiger partial charge is 0.313 e. The van der Waals surface area contributed by atoms with Gasteiger partial charge in [-0.15, -0.1) is 0 Å². The molecule has 0 spiro atoms. The minimum atomic E-state index is -0.573. The normalized spacial score (nSPS) is 10.3. The molecule has 0 aliphatic rings. The Balaban J connectivity index is 2.41. The van der Waals surface area contributed by atoms with Gasteiger partial charge < -0.3 is 4.74 Å². The molecule has 0 amide bonds. The second kappa shape index (κ2) is 5.77. The lowest BCUT2D eigenvalue weighted by Crippen LogP contribution is -1.94. The number of rotatable bonds is 3. The molecule has 0 atom stereocenters. The van der Waals surface area contributed by atoms with Gasteiger partial charge in [-0.3, -0.25) is 10.1 Å². The Kier molecular flexibility index (Phi) is 4.29. The molecule has 0 saturated carbocycles. The molecule has 0 radical (unpaired) electrons. The van der Waals surface area contributed by atoms with Crippen LogP contribution in [0.5, 0.6) is 11.5 Å². The summed E-state index contributed by atoms with van der Waals surface area (Å²) in [6.07, 6.45) is 0. The molecule has 0 heterocycles. The van der Waals surface area contributed by atoms with Crippen LogP contribution in [0.3, 0.4) is 0 Å². The van der Waals surface area contributed by atoms with Crippen LogP contribution < -0.4 is 4.74 Å². The van der Waals surface area contributed by atoms with E-state index in [1.807, 2.05) is 0 Å². The van der Waals surface area contributed by atoms with Crippen LogP contribution in [0.25, 0.3) is 0 Å². The number of nitrogens with zero attached hydrogens (tertiary/aromatic N) is 1. The van der Waals surface area contributed by atoms with E-state index in [0.717, 1.165) is 10.5 Å². The Morgan fingerprint density at radius 2 is 1.68 bits per heavy atom. The van der Waals surface area contributed by atoms with Gasteiger partial charge in [0.25, 0.3) is 0 Å². The highest BCUT2D eigenvalue weighted by Crippen LogP contribution is 2.38. The Labute approximate surface area is 127 Å². The summed E-state index contributed by atoms with van der Waals surface area (Å²) in [5.74, 6) is 0.506. The predicted octanol–water partition coefficient (Wildman–Crippen LogP) is 5.46. The van der Waals surface area contributed by atoms with E-state index in [1.54, 1.807) is 24.3 Å². The van der Waals surface area contributed by atoms with Crippen molar-refractivity contribution in [3.05, 3.63) is 61.0 Å². The van der Waals surface area contributed by atoms with Gasteiger partial charge >= 0.3 is 5.69 Å². The molecule has 2 aromatic carbocycles. The molecule has 0 aromatic heterocycles. The first-order valence-electron chi connectivity index (χ1n) is 5.04. The van der Waals surface area contributed by atoms with Crippen molar-refractivity contribution in [1.29, 1.82) is 0 Å². The van der Waals surface area contributed by atoms with Crippen molar-refractivity contribution in [2.24, 2.45) is 0 Å². The predicted molar refractivity (Wildman–Crippen MR) is 77.3 cm³/mol. The average molecular weight is 363 g/mol. The fraction of sp³-hybridized carbons (Fsp3) is 0.